The Kier molecular flexibility index (Phi) is 5.28. The highest BCUT2D eigenvalue weighted by Gasteiger charge is 2.29. The Morgan fingerprint density at radius 1 is 1.12 bits per heavy atom. The van der Waals surface area contributed by atoms with Gasteiger partial charge in [0.1, 0.15) is 11.9 Å². The van der Waals surface area contributed by atoms with Gasteiger partial charge in [0, 0.05) is 30.6 Å². The molecule has 0 radical (unpaired) electrons. The molecule has 0 aliphatic carbocycles. The summed E-state index contributed by atoms with van der Waals surface area (Å²) in [4.78, 5) is 22.6. The molecular formula is C24H21FN4O3. The average molecular weight is 432 g/mol. The fraction of sp³-hybridized carbons (Fsp3) is 0.208. The van der Waals surface area contributed by atoms with Crippen molar-refractivity contribution >= 4 is 11.4 Å². The molecule has 1 aliphatic heterocycles. The minimum Gasteiger partial charge on any atom is -0.497 e. The normalized spacial score (nSPS) is 16.3. The van der Waals surface area contributed by atoms with E-state index in [9.17, 15) is 9.18 Å². The molecule has 1 saturated heterocycles. The molecule has 0 bridgehead atoms. The smallest absolute Gasteiger partial charge is 0.254 e. The van der Waals surface area contributed by atoms with Crippen molar-refractivity contribution in [3.8, 4) is 16.9 Å². The zero-order valence-electron chi connectivity index (χ0n) is 17.4. The van der Waals surface area contributed by atoms with E-state index in [0.29, 0.717) is 19.7 Å². The summed E-state index contributed by atoms with van der Waals surface area (Å²) < 4.78 is 26.6. The lowest BCUT2D eigenvalue weighted by Gasteiger charge is -2.32. The molecule has 0 N–H and O–H groups in total. The van der Waals surface area contributed by atoms with Gasteiger partial charge in [-0.15, -0.1) is 0 Å². The first kappa shape index (κ1) is 20.1. The summed E-state index contributed by atoms with van der Waals surface area (Å²) in [6, 6.07) is 14.6. The van der Waals surface area contributed by atoms with Gasteiger partial charge in [-0.3, -0.25) is 4.79 Å². The lowest BCUT2D eigenvalue weighted by Crippen LogP contribution is -2.42. The number of hydrogen-bond donors (Lipinski definition) is 0. The van der Waals surface area contributed by atoms with Gasteiger partial charge in [0.25, 0.3) is 5.91 Å². The van der Waals surface area contributed by atoms with Crippen LogP contribution < -0.4 is 4.74 Å². The Hall–Kier alpha value is -3.78. The maximum absolute atomic E-state index is 13.4. The molecule has 5 rings (SSSR count). The van der Waals surface area contributed by atoms with E-state index in [1.54, 1.807) is 18.3 Å². The van der Waals surface area contributed by atoms with Gasteiger partial charge in [0.15, 0.2) is 0 Å². The number of fused-ring (bicyclic) bond motifs is 1. The lowest BCUT2D eigenvalue weighted by atomic mass is 10.1. The predicted octanol–water partition coefficient (Wildman–Crippen LogP) is 3.76. The summed E-state index contributed by atoms with van der Waals surface area (Å²) in [6.07, 6.45) is 4.69. The molecule has 3 aromatic heterocycles. The zero-order valence-corrected chi connectivity index (χ0v) is 17.4. The second-order valence-corrected chi connectivity index (χ2v) is 7.55. The second kappa shape index (κ2) is 8.39. The molecule has 1 aliphatic rings. The Labute approximate surface area is 184 Å². The molecule has 0 saturated carbocycles. The summed E-state index contributed by atoms with van der Waals surface area (Å²) in [6.45, 7) is 1.16. The molecule has 8 heteroatoms. The minimum atomic E-state index is -0.673. The highest BCUT2D eigenvalue weighted by atomic mass is 19.1. The topological polar surface area (TPSA) is 69.0 Å². The van der Waals surface area contributed by atoms with Gasteiger partial charge in [-0.1, -0.05) is 18.2 Å². The number of ether oxygens (including phenoxy) is 2. The monoisotopic (exact) mass is 432 g/mol. The average Bonchev–Trinajstić information content (AvgIpc) is 3.27. The highest BCUT2D eigenvalue weighted by molar-refractivity contribution is 5.94. The van der Waals surface area contributed by atoms with Crippen LogP contribution in [0.25, 0.3) is 16.6 Å². The van der Waals surface area contributed by atoms with E-state index in [-0.39, 0.29) is 17.6 Å². The third kappa shape index (κ3) is 3.80. The van der Waals surface area contributed by atoms with Crippen molar-refractivity contribution in [3.63, 3.8) is 0 Å². The van der Waals surface area contributed by atoms with Crippen LogP contribution in [0.15, 0.2) is 67.3 Å². The van der Waals surface area contributed by atoms with E-state index in [1.165, 1.54) is 12.3 Å². The van der Waals surface area contributed by atoms with E-state index in [4.69, 9.17) is 9.47 Å². The number of carbonyl (C=O) groups excluding carboxylic acids is 1. The van der Waals surface area contributed by atoms with Crippen molar-refractivity contribution in [3.05, 3.63) is 84.5 Å². The van der Waals surface area contributed by atoms with Crippen molar-refractivity contribution in [2.24, 2.45) is 0 Å². The summed E-state index contributed by atoms with van der Waals surface area (Å²) in [5.74, 6) is -0.110. The van der Waals surface area contributed by atoms with Crippen LogP contribution in [0.3, 0.4) is 0 Å². The van der Waals surface area contributed by atoms with Crippen LogP contribution in [0.2, 0.25) is 0 Å². The van der Waals surface area contributed by atoms with Gasteiger partial charge in [0.2, 0.25) is 5.95 Å². The fourth-order valence-corrected chi connectivity index (χ4v) is 3.94. The molecule has 162 valence electrons. The van der Waals surface area contributed by atoms with Crippen LogP contribution >= 0.6 is 0 Å². The van der Waals surface area contributed by atoms with Gasteiger partial charge in [-0.05, 0) is 35.4 Å². The number of carbonyl (C=O) groups is 1. The van der Waals surface area contributed by atoms with Gasteiger partial charge in [-0.2, -0.15) is 4.39 Å². The summed E-state index contributed by atoms with van der Waals surface area (Å²) in [5, 5.41) is 0. The molecular weight excluding hydrogens is 411 g/mol. The minimum absolute atomic E-state index is 0.245. The van der Waals surface area contributed by atoms with Crippen molar-refractivity contribution in [2.45, 2.75) is 6.10 Å². The number of aromatic nitrogens is 3. The molecule has 32 heavy (non-hydrogen) atoms. The molecule has 1 fully saturated rings. The number of imidazole rings is 1. The largest absolute Gasteiger partial charge is 0.497 e. The third-order valence-electron chi connectivity index (χ3n) is 5.62. The number of methoxy groups -OCH3 is 1. The Bertz CT molecular complexity index is 1270. The number of hydrogen-bond acceptors (Lipinski definition) is 5. The molecule has 0 spiro atoms. The molecule has 7 nitrogen and oxygen atoms in total. The van der Waals surface area contributed by atoms with E-state index in [1.807, 2.05) is 47.0 Å². The molecule has 1 aromatic carbocycles. The van der Waals surface area contributed by atoms with Crippen molar-refractivity contribution < 1.29 is 18.7 Å². The first-order valence-electron chi connectivity index (χ1n) is 10.3. The van der Waals surface area contributed by atoms with E-state index in [2.05, 4.69) is 9.97 Å². The Morgan fingerprint density at radius 2 is 1.94 bits per heavy atom. The molecule has 0 unspecified atom stereocenters. The Balaban J connectivity index is 1.38. The number of nitrogens with zero attached hydrogens (tertiary/aromatic N) is 4. The van der Waals surface area contributed by atoms with Gasteiger partial charge in [-0.25, -0.2) is 9.97 Å². The Morgan fingerprint density at radius 3 is 2.72 bits per heavy atom. The number of halogens is 1. The van der Waals surface area contributed by atoms with Gasteiger partial charge in [0.05, 0.1) is 37.8 Å². The van der Waals surface area contributed by atoms with E-state index < -0.39 is 5.95 Å². The first-order valence-corrected chi connectivity index (χ1v) is 10.3. The van der Waals surface area contributed by atoms with Crippen LogP contribution in [-0.2, 0) is 4.74 Å². The van der Waals surface area contributed by atoms with Crippen LogP contribution in [0, 0.1) is 5.95 Å². The summed E-state index contributed by atoms with van der Waals surface area (Å²) in [7, 11) is 1.64. The van der Waals surface area contributed by atoms with Crippen LogP contribution in [0.1, 0.15) is 22.2 Å². The maximum atomic E-state index is 13.4. The number of morpholine rings is 1. The summed E-state index contributed by atoms with van der Waals surface area (Å²) in [5.41, 5.74) is 4.07. The molecule has 1 amide bonds. The number of pyridine rings is 2. The highest BCUT2D eigenvalue weighted by Crippen LogP contribution is 2.28. The van der Waals surface area contributed by atoms with Gasteiger partial charge >= 0.3 is 0 Å². The molecule has 4 aromatic rings. The first-order chi connectivity index (χ1) is 15.6. The van der Waals surface area contributed by atoms with Crippen molar-refractivity contribution in [1.82, 2.24) is 19.3 Å². The van der Waals surface area contributed by atoms with Crippen molar-refractivity contribution in [2.75, 3.05) is 26.8 Å². The van der Waals surface area contributed by atoms with Crippen LogP contribution in [-0.4, -0.2) is 52.0 Å². The number of benzene rings is 1. The predicted molar refractivity (Wildman–Crippen MR) is 116 cm³/mol. The number of rotatable bonds is 4. The quantitative estimate of drug-likeness (QED) is 0.460. The second-order valence-electron chi connectivity index (χ2n) is 7.55. The van der Waals surface area contributed by atoms with E-state index in [0.717, 1.165) is 34.2 Å². The zero-order chi connectivity index (χ0) is 22.1. The number of amides is 1. The standard InChI is InChI=1S/C24H21FN4O3/c1-31-19-5-2-16(3-6-19)18-4-7-20-23(27-15-29(20)13-18)21-14-28(10-11-32-21)24(30)17-8-9-26-22(25)12-17/h2-9,12-13,15,21H,10-11,14H2,1H3/t21-/m1/s1. The lowest BCUT2D eigenvalue weighted by molar-refractivity contribution is -0.0239. The molecule has 4 heterocycles. The van der Waals surface area contributed by atoms with E-state index >= 15 is 0 Å². The fourth-order valence-electron chi connectivity index (χ4n) is 3.94. The third-order valence-corrected chi connectivity index (χ3v) is 5.62. The van der Waals surface area contributed by atoms with Gasteiger partial charge < -0.3 is 18.8 Å². The molecule has 1 atom stereocenters. The van der Waals surface area contributed by atoms with Crippen LogP contribution in [0.5, 0.6) is 5.75 Å². The summed E-state index contributed by atoms with van der Waals surface area (Å²) >= 11 is 0. The maximum Gasteiger partial charge on any atom is 0.254 e. The SMILES string of the molecule is COc1ccc(-c2ccc3c([C@H]4CN(C(=O)c5ccnc(F)c5)CCO4)ncn3c2)cc1. The van der Waals surface area contributed by atoms with Crippen molar-refractivity contribution in [1.29, 1.82) is 0 Å². The van der Waals surface area contributed by atoms with Crippen LogP contribution in [0.4, 0.5) is 4.39 Å².